The number of halogens is 2. The fourth-order valence-corrected chi connectivity index (χ4v) is 1.41. The minimum absolute atomic E-state index is 0.187. The van der Waals surface area contributed by atoms with Gasteiger partial charge in [0, 0.05) is 0 Å². The van der Waals surface area contributed by atoms with Crippen LogP contribution < -0.4 is 5.48 Å². The maximum atomic E-state index is 11.9. The van der Waals surface area contributed by atoms with Gasteiger partial charge in [0.15, 0.2) is 0 Å². The van der Waals surface area contributed by atoms with E-state index in [0.29, 0.717) is 36.4 Å². The third-order valence-electron chi connectivity index (χ3n) is 1.56. The molecule has 86 valence electrons. The van der Waals surface area contributed by atoms with Crippen LogP contribution in [-0.2, 0) is 17.1 Å². The summed E-state index contributed by atoms with van der Waals surface area (Å²) >= 11 is 0.547. The van der Waals surface area contributed by atoms with Crippen LogP contribution in [0.15, 0.2) is 16.5 Å². The molecule has 0 saturated carbocycles. The SMILES string of the molecule is CCONCc1ccc(CSC(F)F)o1. The van der Waals surface area contributed by atoms with Crippen LogP contribution in [0, 0.1) is 0 Å². The number of hydrogen-bond acceptors (Lipinski definition) is 4. The fraction of sp³-hybridized carbons (Fsp3) is 0.556. The molecule has 1 rings (SSSR count). The molecule has 0 atom stereocenters. The summed E-state index contributed by atoms with van der Waals surface area (Å²) in [6.07, 6.45) is 0. The van der Waals surface area contributed by atoms with Crippen LogP contribution in [0.25, 0.3) is 0 Å². The van der Waals surface area contributed by atoms with Crippen LogP contribution in [0.1, 0.15) is 18.4 Å². The van der Waals surface area contributed by atoms with Crippen molar-refractivity contribution >= 4 is 11.8 Å². The van der Waals surface area contributed by atoms with Crippen molar-refractivity contribution in [3.8, 4) is 0 Å². The molecule has 1 N–H and O–H groups in total. The van der Waals surface area contributed by atoms with Crippen molar-refractivity contribution in [2.75, 3.05) is 6.61 Å². The van der Waals surface area contributed by atoms with E-state index in [1.165, 1.54) is 0 Å². The molecule has 1 aromatic heterocycles. The maximum absolute atomic E-state index is 11.9. The van der Waals surface area contributed by atoms with Gasteiger partial charge in [-0.05, 0) is 19.1 Å². The van der Waals surface area contributed by atoms with Crippen molar-refractivity contribution in [2.24, 2.45) is 0 Å². The quantitative estimate of drug-likeness (QED) is 0.584. The van der Waals surface area contributed by atoms with E-state index in [1.807, 2.05) is 6.92 Å². The molecule has 1 aromatic rings. The molecule has 0 aromatic carbocycles. The van der Waals surface area contributed by atoms with Gasteiger partial charge in [-0.2, -0.15) is 14.3 Å². The second kappa shape index (κ2) is 6.81. The first-order valence-corrected chi connectivity index (χ1v) is 5.59. The molecule has 0 spiro atoms. The van der Waals surface area contributed by atoms with Gasteiger partial charge < -0.3 is 9.25 Å². The Morgan fingerprint density at radius 3 is 2.87 bits per heavy atom. The van der Waals surface area contributed by atoms with Gasteiger partial charge in [0.1, 0.15) is 11.5 Å². The normalized spacial score (nSPS) is 11.2. The summed E-state index contributed by atoms with van der Waals surface area (Å²) in [6, 6.07) is 3.44. The largest absolute Gasteiger partial charge is 0.464 e. The topological polar surface area (TPSA) is 34.4 Å². The van der Waals surface area contributed by atoms with E-state index in [-0.39, 0.29) is 5.75 Å². The Labute approximate surface area is 91.1 Å². The minimum Gasteiger partial charge on any atom is -0.464 e. The van der Waals surface area contributed by atoms with Crippen LogP contribution in [-0.4, -0.2) is 12.4 Å². The third-order valence-corrected chi connectivity index (χ3v) is 2.26. The summed E-state index contributed by atoms with van der Waals surface area (Å²) in [6.45, 7) is 2.86. The molecule has 0 aliphatic rings. The highest BCUT2D eigenvalue weighted by atomic mass is 32.2. The van der Waals surface area contributed by atoms with Gasteiger partial charge in [-0.1, -0.05) is 11.8 Å². The number of furan rings is 1. The van der Waals surface area contributed by atoms with Gasteiger partial charge in [-0.3, -0.25) is 0 Å². The van der Waals surface area contributed by atoms with Crippen LogP contribution in [0.2, 0.25) is 0 Å². The van der Waals surface area contributed by atoms with E-state index in [2.05, 4.69) is 5.48 Å². The summed E-state index contributed by atoms with van der Waals surface area (Å²) in [7, 11) is 0. The predicted molar refractivity (Wildman–Crippen MR) is 54.5 cm³/mol. The van der Waals surface area contributed by atoms with Crippen molar-refractivity contribution in [3.05, 3.63) is 23.7 Å². The van der Waals surface area contributed by atoms with Gasteiger partial charge in [0.05, 0.1) is 18.9 Å². The lowest BCUT2D eigenvalue weighted by molar-refractivity contribution is 0.0424. The Morgan fingerprint density at radius 1 is 1.47 bits per heavy atom. The Hall–Kier alpha value is -0.590. The summed E-state index contributed by atoms with van der Waals surface area (Å²) in [4.78, 5) is 4.91. The number of hydroxylamine groups is 1. The monoisotopic (exact) mass is 237 g/mol. The van der Waals surface area contributed by atoms with E-state index in [4.69, 9.17) is 9.25 Å². The highest BCUT2D eigenvalue weighted by molar-refractivity contribution is 7.98. The van der Waals surface area contributed by atoms with E-state index in [9.17, 15) is 8.78 Å². The van der Waals surface area contributed by atoms with Gasteiger partial charge in [-0.15, -0.1) is 0 Å². The smallest absolute Gasteiger partial charge is 0.284 e. The lowest BCUT2D eigenvalue weighted by Crippen LogP contribution is -2.12. The Kier molecular flexibility index (Phi) is 5.67. The average molecular weight is 237 g/mol. The molecular weight excluding hydrogens is 224 g/mol. The zero-order valence-corrected chi connectivity index (χ0v) is 9.15. The van der Waals surface area contributed by atoms with Gasteiger partial charge >= 0.3 is 0 Å². The predicted octanol–water partition coefficient (Wildman–Crippen LogP) is 2.78. The fourth-order valence-electron chi connectivity index (χ4n) is 0.964. The zero-order valence-electron chi connectivity index (χ0n) is 8.33. The molecule has 0 unspecified atom stereocenters. The van der Waals surface area contributed by atoms with Crippen LogP contribution in [0.3, 0.4) is 0 Å². The maximum Gasteiger partial charge on any atom is 0.284 e. The highest BCUT2D eigenvalue weighted by Crippen LogP contribution is 2.21. The first-order chi connectivity index (χ1) is 7.22. The number of thioether (sulfide) groups is 1. The molecule has 0 aliphatic heterocycles. The lowest BCUT2D eigenvalue weighted by Gasteiger charge is -2.00. The van der Waals surface area contributed by atoms with Crippen LogP contribution in [0.5, 0.6) is 0 Å². The number of hydrogen-bond donors (Lipinski definition) is 1. The van der Waals surface area contributed by atoms with Crippen LogP contribution in [0.4, 0.5) is 8.78 Å². The van der Waals surface area contributed by atoms with Crippen molar-refractivity contribution in [1.82, 2.24) is 5.48 Å². The van der Waals surface area contributed by atoms with Gasteiger partial charge in [-0.25, -0.2) is 0 Å². The first-order valence-electron chi connectivity index (χ1n) is 4.54. The van der Waals surface area contributed by atoms with Crippen molar-refractivity contribution in [3.63, 3.8) is 0 Å². The molecule has 3 nitrogen and oxygen atoms in total. The second-order valence-corrected chi connectivity index (χ2v) is 3.67. The van der Waals surface area contributed by atoms with E-state index < -0.39 is 5.76 Å². The standard InChI is InChI=1S/C9H13F2NO2S/c1-2-13-12-5-7-3-4-8(14-7)6-15-9(10)11/h3-4,9,12H,2,5-6H2,1H3. The Bertz CT molecular complexity index is 281. The van der Waals surface area contributed by atoms with Crippen LogP contribution >= 0.6 is 11.8 Å². The van der Waals surface area contributed by atoms with Crippen molar-refractivity contribution < 1.29 is 18.0 Å². The van der Waals surface area contributed by atoms with E-state index >= 15 is 0 Å². The van der Waals surface area contributed by atoms with Crippen molar-refractivity contribution in [1.29, 1.82) is 0 Å². The molecule has 0 bridgehead atoms. The lowest BCUT2D eigenvalue weighted by atomic mass is 10.4. The van der Waals surface area contributed by atoms with Crippen molar-refractivity contribution in [2.45, 2.75) is 25.0 Å². The third kappa shape index (κ3) is 5.15. The molecule has 15 heavy (non-hydrogen) atoms. The van der Waals surface area contributed by atoms with E-state index in [1.54, 1.807) is 12.1 Å². The number of alkyl halides is 2. The average Bonchev–Trinajstić information content (AvgIpc) is 2.63. The number of rotatable bonds is 7. The molecule has 6 heteroatoms. The zero-order chi connectivity index (χ0) is 11.1. The molecule has 0 fully saturated rings. The van der Waals surface area contributed by atoms with E-state index in [0.717, 1.165) is 0 Å². The summed E-state index contributed by atoms with van der Waals surface area (Å²) in [5.41, 5.74) is 2.68. The summed E-state index contributed by atoms with van der Waals surface area (Å²) in [5.74, 6) is -0.950. The summed E-state index contributed by atoms with van der Waals surface area (Å²) < 4.78 is 29.0. The Morgan fingerprint density at radius 2 is 2.20 bits per heavy atom. The first kappa shape index (κ1) is 12.5. The Balaban J connectivity index is 2.29. The molecular formula is C9H13F2NO2S. The number of nitrogens with one attached hydrogen (secondary N) is 1. The highest BCUT2D eigenvalue weighted by Gasteiger charge is 2.06. The molecule has 0 saturated heterocycles. The minimum atomic E-state index is -2.36. The molecule has 0 amide bonds. The molecule has 0 radical (unpaired) electrons. The second-order valence-electron chi connectivity index (χ2n) is 2.69. The van der Waals surface area contributed by atoms with Gasteiger partial charge in [0.2, 0.25) is 0 Å². The summed E-state index contributed by atoms with van der Waals surface area (Å²) in [5, 5.41) is 0. The van der Waals surface area contributed by atoms with Gasteiger partial charge in [0.25, 0.3) is 5.76 Å². The molecule has 1 heterocycles. The molecule has 0 aliphatic carbocycles.